The maximum Gasteiger partial charge on any atom is 0.224 e. The molecule has 0 bridgehead atoms. The largest absolute Gasteiger partial charge is 0.366 e. The van der Waals surface area contributed by atoms with Gasteiger partial charge in [0.1, 0.15) is 5.82 Å². The second kappa shape index (κ2) is 5.53. The lowest BCUT2D eigenvalue weighted by Gasteiger charge is -2.32. The molecule has 0 saturated heterocycles. The van der Waals surface area contributed by atoms with Crippen LogP contribution in [0.25, 0.3) is 0 Å². The molecule has 0 aliphatic heterocycles. The van der Waals surface area contributed by atoms with Gasteiger partial charge in [-0.05, 0) is 58.6 Å². The summed E-state index contributed by atoms with van der Waals surface area (Å²) in [7, 11) is 0. The van der Waals surface area contributed by atoms with Gasteiger partial charge in [0.2, 0.25) is 5.28 Å². The average Bonchev–Trinajstić information content (AvgIpc) is 2.22. The smallest absolute Gasteiger partial charge is 0.224 e. The van der Waals surface area contributed by atoms with Crippen molar-refractivity contribution in [3.63, 3.8) is 0 Å². The summed E-state index contributed by atoms with van der Waals surface area (Å²) in [6.07, 6.45) is 5.40. The summed E-state index contributed by atoms with van der Waals surface area (Å²) in [5, 5.41) is 3.75. The second-order valence-corrected chi connectivity index (χ2v) is 6.29. The Kier molecular flexibility index (Phi) is 4.26. The van der Waals surface area contributed by atoms with E-state index in [0.29, 0.717) is 6.04 Å². The van der Waals surface area contributed by atoms with E-state index in [4.69, 9.17) is 11.6 Å². The zero-order valence-electron chi connectivity index (χ0n) is 10.1. The quantitative estimate of drug-likeness (QED) is 0.833. The van der Waals surface area contributed by atoms with Crippen LogP contribution in [0.4, 0.5) is 5.82 Å². The molecule has 94 valence electrons. The van der Waals surface area contributed by atoms with E-state index >= 15 is 0 Å². The van der Waals surface area contributed by atoms with Crippen molar-refractivity contribution in [2.24, 2.45) is 11.8 Å². The van der Waals surface area contributed by atoms with Crippen LogP contribution >= 0.6 is 27.5 Å². The van der Waals surface area contributed by atoms with Crippen molar-refractivity contribution in [1.29, 1.82) is 0 Å². The van der Waals surface area contributed by atoms with Gasteiger partial charge in [0.25, 0.3) is 0 Å². The molecule has 0 spiro atoms. The van der Waals surface area contributed by atoms with Crippen molar-refractivity contribution in [3.8, 4) is 0 Å². The zero-order valence-corrected chi connectivity index (χ0v) is 12.4. The van der Waals surface area contributed by atoms with Crippen LogP contribution in [0, 0.1) is 11.8 Å². The standard InChI is InChI=1S/C12H17BrClN3/c1-7-3-8(2)5-9(4-7)16-11-10(13)6-15-12(14)17-11/h6-9H,3-5H2,1-2H3,(H,15,16,17). The molecule has 1 heterocycles. The molecule has 1 fully saturated rings. The summed E-state index contributed by atoms with van der Waals surface area (Å²) in [5.74, 6) is 2.34. The van der Waals surface area contributed by atoms with Crippen molar-refractivity contribution in [3.05, 3.63) is 16.0 Å². The molecule has 1 aliphatic carbocycles. The minimum Gasteiger partial charge on any atom is -0.366 e. The number of hydrogen-bond acceptors (Lipinski definition) is 3. The topological polar surface area (TPSA) is 37.8 Å². The Morgan fingerprint density at radius 2 is 1.94 bits per heavy atom. The molecule has 17 heavy (non-hydrogen) atoms. The minimum absolute atomic E-state index is 0.285. The lowest BCUT2D eigenvalue weighted by molar-refractivity contribution is 0.280. The van der Waals surface area contributed by atoms with Crippen LogP contribution in [0.1, 0.15) is 33.1 Å². The number of rotatable bonds is 2. The third kappa shape index (κ3) is 3.55. The fourth-order valence-electron chi connectivity index (χ4n) is 2.70. The molecule has 0 aromatic carbocycles. The van der Waals surface area contributed by atoms with E-state index in [0.717, 1.165) is 22.1 Å². The molecule has 3 nitrogen and oxygen atoms in total. The fourth-order valence-corrected chi connectivity index (χ4v) is 3.14. The molecule has 1 aliphatic rings. The summed E-state index contributed by atoms with van der Waals surface area (Å²) in [6, 6.07) is 0.482. The Hall–Kier alpha value is -0.350. The second-order valence-electron chi connectivity index (χ2n) is 5.09. The van der Waals surface area contributed by atoms with Gasteiger partial charge in [-0.2, -0.15) is 4.98 Å². The summed E-state index contributed by atoms with van der Waals surface area (Å²) in [4.78, 5) is 8.14. The van der Waals surface area contributed by atoms with Crippen LogP contribution in [-0.4, -0.2) is 16.0 Å². The molecule has 5 heteroatoms. The Labute approximate surface area is 116 Å². The van der Waals surface area contributed by atoms with Gasteiger partial charge in [0.05, 0.1) is 4.47 Å². The molecule has 1 saturated carbocycles. The van der Waals surface area contributed by atoms with Gasteiger partial charge >= 0.3 is 0 Å². The maximum absolute atomic E-state index is 5.81. The first-order chi connectivity index (χ1) is 8.04. The highest BCUT2D eigenvalue weighted by atomic mass is 79.9. The van der Waals surface area contributed by atoms with E-state index in [1.54, 1.807) is 6.20 Å². The van der Waals surface area contributed by atoms with Gasteiger partial charge in [0.15, 0.2) is 0 Å². The first-order valence-electron chi connectivity index (χ1n) is 5.99. The first-order valence-corrected chi connectivity index (χ1v) is 7.16. The molecule has 1 aromatic heterocycles. The summed E-state index contributed by atoms with van der Waals surface area (Å²) >= 11 is 9.25. The van der Waals surface area contributed by atoms with Crippen molar-refractivity contribution in [2.75, 3.05) is 5.32 Å². The van der Waals surface area contributed by atoms with Crippen LogP contribution in [0.5, 0.6) is 0 Å². The molecule has 2 rings (SSSR count). The van der Waals surface area contributed by atoms with Crippen molar-refractivity contribution in [2.45, 2.75) is 39.2 Å². The Balaban J connectivity index is 2.07. The lowest BCUT2D eigenvalue weighted by atomic mass is 9.80. The predicted molar refractivity (Wildman–Crippen MR) is 74.3 cm³/mol. The maximum atomic E-state index is 5.81. The number of nitrogens with zero attached hydrogens (tertiary/aromatic N) is 2. The van der Waals surface area contributed by atoms with E-state index in [-0.39, 0.29) is 5.28 Å². The molecule has 2 unspecified atom stereocenters. The van der Waals surface area contributed by atoms with Crippen LogP contribution < -0.4 is 5.32 Å². The lowest BCUT2D eigenvalue weighted by Crippen LogP contribution is -2.30. The number of nitrogens with one attached hydrogen (secondary N) is 1. The molecule has 1 aromatic rings. The first kappa shape index (κ1) is 13.1. The predicted octanol–water partition coefficient (Wildman–Crippen LogP) is 4.13. The normalized spacial score (nSPS) is 29.1. The number of hydrogen-bond donors (Lipinski definition) is 1. The van der Waals surface area contributed by atoms with Gasteiger partial charge in [-0.15, -0.1) is 0 Å². The van der Waals surface area contributed by atoms with Crippen LogP contribution in [0.2, 0.25) is 5.28 Å². The molecule has 1 N–H and O–H groups in total. The van der Waals surface area contributed by atoms with Crippen molar-refractivity contribution >= 4 is 33.3 Å². The van der Waals surface area contributed by atoms with Gasteiger partial charge in [-0.3, -0.25) is 0 Å². The van der Waals surface area contributed by atoms with Crippen LogP contribution in [0.3, 0.4) is 0 Å². The van der Waals surface area contributed by atoms with E-state index < -0.39 is 0 Å². The highest BCUT2D eigenvalue weighted by molar-refractivity contribution is 9.10. The molecule has 0 amide bonds. The Morgan fingerprint density at radius 1 is 1.29 bits per heavy atom. The minimum atomic E-state index is 0.285. The number of aromatic nitrogens is 2. The van der Waals surface area contributed by atoms with Gasteiger partial charge in [-0.25, -0.2) is 4.98 Å². The van der Waals surface area contributed by atoms with E-state index in [1.807, 2.05) is 0 Å². The molecular formula is C12H17BrClN3. The van der Waals surface area contributed by atoms with Crippen molar-refractivity contribution in [1.82, 2.24) is 9.97 Å². The third-order valence-corrected chi connectivity index (χ3v) is 4.00. The molecular weight excluding hydrogens is 302 g/mol. The monoisotopic (exact) mass is 317 g/mol. The van der Waals surface area contributed by atoms with Gasteiger partial charge < -0.3 is 5.32 Å². The number of halogens is 2. The zero-order chi connectivity index (χ0) is 12.4. The van der Waals surface area contributed by atoms with Gasteiger partial charge in [0, 0.05) is 12.2 Å². The highest BCUT2D eigenvalue weighted by Gasteiger charge is 2.24. The SMILES string of the molecule is CC1CC(C)CC(Nc2nc(Cl)ncc2Br)C1. The fraction of sp³-hybridized carbons (Fsp3) is 0.667. The Bertz CT molecular complexity index is 389. The summed E-state index contributed by atoms with van der Waals surface area (Å²) < 4.78 is 0.868. The Morgan fingerprint density at radius 3 is 2.59 bits per heavy atom. The van der Waals surface area contributed by atoms with E-state index in [2.05, 4.69) is 45.1 Å². The van der Waals surface area contributed by atoms with Crippen LogP contribution in [0.15, 0.2) is 10.7 Å². The van der Waals surface area contributed by atoms with Crippen molar-refractivity contribution < 1.29 is 0 Å². The average molecular weight is 319 g/mol. The van der Waals surface area contributed by atoms with E-state index in [9.17, 15) is 0 Å². The number of anilines is 1. The van der Waals surface area contributed by atoms with Crippen LogP contribution in [-0.2, 0) is 0 Å². The van der Waals surface area contributed by atoms with E-state index in [1.165, 1.54) is 19.3 Å². The third-order valence-electron chi connectivity index (χ3n) is 3.23. The molecule has 0 radical (unpaired) electrons. The highest BCUT2D eigenvalue weighted by Crippen LogP contribution is 2.31. The summed E-state index contributed by atoms with van der Waals surface area (Å²) in [6.45, 7) is 4.62. The molecule has 2 atom stereocenters. The summed E-state index contributed by atoms with van der Waals surface area (Å²) in [5.41, 5.74) is 0. The van der Waals surface area contributed by atoms with Gasteiger partial charge in [-0.1, -0.05) is 13.8 Å².